The summed E-state index contributed by atoms with van der Waals surface area (Å²) in [5.74, 6) is 0.698. The molecular weight excluding hydrogens is 374 g/mol. The van der Waals surface area contributed by atoms with Crippen molar-refractivity contribution in [2.45, 2.75) is 13.0 Å². The number of carbonyl (C=O) groups excluding carboxylic acids is 1. The van der Waals surface area contributed by atoms with Crippen LogP contribution in [-0.4, -0.2) is 23.2 Å². The average Bonchev–Trinajstić information content (AvgIpc) is 3.34. The number of aromatic nitrogens is 2. The summed E-state index contributed by atoms with van der Waals surface area (Å²) in [6.07, 6.45) is 0. The molecule has 4 aromatic rings. The number of aryl methyl sites for hydroxylation is 1. The van der Waals surface area contributed by atoms with Gasteiger partial charge in [0.05, 0.1) is 18.8 Å². The van der Waals surface area contributed by atoms with E-state index in [-0.39, 0.29) is 11.9 Å². The molecule has 3 aromatic carbocycles. The largest absolute Gasteiger partial charge is 0.497 e. The first kappa shape index (κ1) is 18.2. The molecule has 5 heteroatoms. The molecule has 0 spiro atoms. The van der Waals surface area contributed by atoms with Crippen LogP contribution >= 0.6 is 0 Å². The summed E-state index contributed by atoms with van der Waals surface area (Å²) in [5.41, 5.74) is 6.26. The molecule has 0 radical (unpaired) electrons. The van der Waals surface area contributed by atoms with Gasteiger partial charge in [-0.1, -0.05) is 60.2 Å². The van der Waals surface area contributed by atoms with Crippen LogP contribution in [0.15, 0.2) is 78.9 Å². The second-order valence-corrected chi connectivity index (χ2v) is 7.41. The monoisotopic (exact) mass is 395 g/mol. The standard InChI is InChI=1S/C25H21N3O2/c1-16-8-10-17(11-9-16)22-21-23(27-26-22)25(29)28(19-6-4-3-5-7-19)24(21)18-12-14-20(30-2)15-13-18/h3-15,24H,1-2H3,(H,26,27). The van der Waals surface area contributed by atoms with Crippen molar-refractivity contribution in [1.29, 1.82) is 0 Å². The molecule has 0 saturated heterocycles. The van der Waals surface area contributed by atoms with E-state index in [1.807, 2.05) is 71.6 Å². The number of methoxy groups -OCH3 is 1. The first-order chi connectivity index (χ1) is 14.7. The van der Waals surface area contributed by atoms with Crippen molar-refractivity contribution in [1.82, 2.24) is 10.2 Å². The van der Waals surface area contributed by atoms with Crippen LogP contribution in [0.2, 0.25) is 0 Å². The Morgan fingerprint density at radius 3 is 2.30 bits per heavy atom. The van der Waals surface area contributed by atoms with Crippen LogP contribution < -0.4 is 9.64 Å². The molecule has 0 saturated carbocycles. The molecule has 1 atom stereocenters. The van der Waals surface area contributed by atoms with Crippen LogP contribution in [0.3, 0.4) is 0 Å². The van der Waals surface area contributed by atoms with Crippen molar-refractivity contribution in [3.8, 4) is 17.0 Å². The van der Waals surface area contributed by atoms with Crippen molar-refractivity contribution >= 4 is 11.6 Å². The molecule has 1 aliphatic rings. The highest BCUT2D eigenvalue weighted by Crippen LogP contribution is 2.45. The number of hydrogen-bond acceptors (Lipinski definition) is 3. The number of H-pyrrole nitrogens is 1. The van der Waals surface area contributed by atoms with E-state index in [2.05, 4.69) is 29.3 Å². The third kappa shape index (κ3) is 2.87. The Bertz CT molecular complexity index is 1200. The maximum absolute atomic E-state index is 13.4. The number of amides is 1. The van der Waals surface area contributed by atoms with E-state index in [0.717, 1.165) is 33.8 Å². The first-order valence-corrected chi connectivity index (χ1v) is 9.85. The van der Waals surface area contributed by atoms with Gasteiger partial charge < -0.3 is 4.74 Å². The fourth-order valence-electron chi connectivity index (χ4n) is 4.04. The summed E-state index contributed by atoms with van der Waals surface area (Å²) in [6.45, 7) is 2.06. The molecule has 148 valence electrons. The predicted octanol–water partition coefficient (Wildman–Crippen LogP) is 5.14. The lowest BCUT2D eigenvalue weighted by Gasteiger charge is -2.26. The minimum absolute atomic E-state index is 0.0807. The number of nitrogens with one attached hydrogen (secondary N) is 1. The number of para-hydroxylation sites is 1. The van der Waals surface area contributed by atoms with Crippen molar-refractivity contribution in [2.24, 2.45) is 0 Å². The van der Waals surface area contributed by atoms with Gasteiger partial charge in [0.25, 0.3) is 5.91 Å². The second kappa shape index (κ2) is 7.19. The van der Waals surface area contributed by atoms with Gasteiger partial charge in [0.2, 0.25) is 0 Å². The van der Waals surface area contributed by atoms with Crippen LogP contribution in [0.4, 0.5) is 5.69 Å². The fourth-order valence-corrected chi connectivity index (χ4v) is 4.04. The third-order valence-electron chi connectivity index (χ3n) is 5.56. The fraction of sp³-hybridized carbons (Fsp3) is 0.120. The Morgan fingerprint density at radius 2 is 1.63 bits per heavy atom. The maximum Gasteiger partial charge on any atom is 0.277 e. The van der Waals surface area contributed by atoms with Gasteiger partial charge in [0, 0.05) is 16.8 Å². The molecule has 1 unspecified atom stereocenters. The van der Waals surface area contributed by atoms with E-state index < -0.39 is 0 Å². The number of anilines is 1. The summed E-state index contributed by atoms with van der Waals surface area (Å²) in [7, 11) is 1.65. The van der Waals surface area contributed by atoms with Gasteiger partial charge in [-0.05, 0) is 36.8 Å². The van der Waals surface area contributed by atoms with E-state index in [0.29, 0.717) is 5.69 Å². The van der Waals surface area contributed by atoms with Gasteiger partial charge in [-0.25, -0.2) is 0 Å². The highest BCUT2D eigenvalue weighted by Gasteiger charge is 2.43. The molecule has 2 heterocycles. The van der Waals surface area contributed by atoms with Gasteiger partial charge in [-0.15, -0.1) is 0 Å². The molecule has 0 fully saturated rings. The van der Waals surface area contributed by atoms with Crippen molar-refractivity contribution in [2.75, 3.05) is 12.0 Å². The molecule has 30 heavy (non-hydrogen) atoms. The predicted molar refractivity (Wildman–Crippen MR) is 117 cm³/mol. The van der Waals surface area contributed by atoms with Crippen LogP contribution in [0.5, 0.6) is 5.75 Å². The molecule has 5 nitrogen and oxygen atoms in total. The Labute approximate surface area is 174 Å². The highest BCUT2D eigenvalue weighted by molar-refractivity contribution is 6.11. The minimum atomic E-state index is -0.282. The SMILES string of the molecule is COc1ccc(C2c3c(-c4ccc(C)cc4)n[nH]c3C(=O)N2c2ccccc2)cc1. The van der Waals surface area contributed by atoms with Gasteiger partial charge >= 0.3 is 0 Å². The summed E-state index contributed by atoms with van der Waals surface area (Å²) in [6, 6.07) is 25.5. The van der Waals surface area contributed by atoms with E-state index in [1.54, 1.807) is 7.11 Å². The second-order valence-electron chi connectivity index (χ2n) is 7.41. The Balaban J connectivity index is 1.70. The molecule has 1 N–H and O–H groups in total. The number of aromatic amines is 1. The molecule has 1 amide bonds. The third-order valence-corrected chi connectivity index (χ3v) is 5.56. The van der Waals surface area contributed by atoms with Gasteiger partial charge in [-0.2, -0.15) is 5.10 Å². The van der Waals surface area contributed by atoms with Crippen LogP contribution in [0.1, 0.15) is 33.2 Å². The van der Waals surface area contributed by atoms with Gasteiger partial charge in [0.15, 0.2) is 0 Å². The van der Waals surface area contributed by atoms with Crippen LogP contribution in [0.25, 0.3) is 11.3 Å². The maximum atomic E-state index is 13.4. The van der Waals surface area contributed by atoms with Crippen LogP contribution in [-0.2, 0) is 0 Å². The quantitative estimate of drug-likeness (QED) is 0.520. The number of benzene rings is 3. The number of nitrogens with zero attached hydrogens (tertiary/aromatic N) is 2. The normalized spacial score (nSPS) is 15.3. The number of ether oxygens (including phenoxy) is 1. The number of rotatable bonds is 4. The topological polar surface area (TPSA) is 58.2 Å². The number of carbonyl (C=O) groups is 1. The molecule has 1 aromatic heterocycles. The smallest absolute Gasteiger partial charge is 0.277 e. The lowest BCUT2D eigenvalue weighted by atomic mass is 9.95. The van der Waals surface area contributed by atoms with Crippen molar-refractivity contribution in [3.63, 3.8) is 0 Å². The Morgan fingerprint density at radius 1 is 0.933 bits per heavy atom. The lowest BCUT2D eigenvalue weighted by Crippen LogP contribution is -2.29. The van der Waals surface area contributed by atoms with E-state index in [1.165, 1.54) is 5.56 Å². The van der Waals surface area contributed by atoms with E-state index >= 15 is 0 Å². The summed E-state index contributed by atoms with van der Waals surface area (Å²) < 4.78 is 5.32. The van der Waals surface area contributed by atoms with Gasteiger partial charge in [0.1, 0.15) is 11.4 Å². The van der Waals surface area contributed by atoms with E-state index in [9.17, 15) is 4.79 Å². The molecule has 1 aliphatic heterocycles. The summed E-state index contributed by atoms with van der Waals surface area (Å²) >= 11 is 0. The van der Waals surface area contributed by atoms with Gasteiger partial charge in [-0.3, -0.25) is 14.8 Å². The van der Waals surface area contributed by atoms with Crippen LogP contribution in [0, 0.1) is 6.92 Å². The van der Waals surface area contributed by atoms with Crippen molar-refractivity contribution in [3.05, 3.63) is 101 Å². The summed E-state index contributed by atoms with van der Waals surface area (Å²) in [5, 5.41) is 7.53. The molecular formula is C25H21N3O2. The van der Waals surface area contributed by atoms with E-state index in [4.69, 9.17) is 4.74 Å². The zero-order chi connectivity index (χ0) is 20.7. The zero-order valence-electron chi connectivity index (χ0n) is 16.8. The molecule has 0 aliphatic carbocycles. The Kier molecular flexibility index (Phi) is 4.36. The highest BCUT2D eigenvalue weighted by atomic mass is 16.5. The molecule has 0 bridgehead atoms. The average molecular weight is 395 g/mol. The van der Waals surface area contributed by atoms with Crippen molar-refractivity contribution < 1.29 is 9.53 Å². The Hall–Kier alpha value is -3.86. The molecule has 5 rings (SSSR count). The summed E-state index contributed by atoms with van der Waals surface area (Å²) in [4.78, 5) is 15.3. The minimum Gasteiger partial charge on any atom is -0.497 e. The lowest BCUT2D eigenvalue weighted by molar-refractivity contribution is 0.0989. The first-order valence-electron chi connectivity index (χ1n) is 9.85. The zero-order valence-corrected chi connectivity index (χ0v) is 16.8. The number of hydrogen-bond donors (Lipinski definition) is 1. The number of fused-ring (bicyclic) bond motifs is 1.